The van der Waals surface area contributed by atoms with E-state index in [9.17, 15) is 9.90 Å². The molecular formula is C14H19N3O3Si. The predicted octanol–water partition coefficient (Wildman–Crippen LogP) is 1.96. The molecule has 1 aliphatic heterocycles. The second-order valence-corrected chi connectivity index (χ2v) is 10.6. The number of hydrogen-bond donors (Lipinski definition) is 1. The summed E-state index contributed by atoms with van der Waals surface area (Å²) in [5.41, 5.74) is 8.44. The standard InChI is InChI=1S/C14H19N3O3Si/c1-9(18)12-13(11(16-17-15)14(19)20-12)21(2,3)10-7-5-4-6-8-10/h4-9,11-13,18H,1-3H3/t9-,11-,12+,13-/m1/s1. The zero-order chi connectivity index (χ0) is 15.6. The lowest BCUT2D eigenvalue weighted by Gasteiger charge is -2.35. The van der Waals surface area contributed by atoms with Crippen LogP contribution in [0.4, 0.5) is 0 Å². The number of esters is 1. The highest BCUT2D eigenvalue weighted by Gasteiger charge is 2.54. The molecular weight excluding hydrogens is 286 g/mol. The molecule has 0 aliphatic carbocycles. The average Bonchev–Trinajstić information content (AvgIpc) is 2.78. The van der Waals surface area contributed by atoms with Gasteiger partial charge in [-0.3, -0.25) is 4.79 Å². The maximum atomic E-state index is 12.0. The second-order valence-electron chi connectivity index (χ2n) is 5.91. The van der Waals surface area contributed by atoms with E-state index in [0.717, 1.165) is 5.19 Å². The van der Waals surface area contributed by atoms with E-state index >= 15 is 0 Å². The zero-order valence-corrected chi connectivity index (χ0v) is 13.3. The van der Waals surface area contributed by atoms with Gasteiger partial charge in [-0.1, -0.05) is 53.7 Å². The van der Waals surface area contributed by atoms with Crippen LogP contribution in [0.2, 0.25) is 18.6 Å². The van der Waals surface area contributed by atoms with Crippen molar-refractivity contribution in [2.24, 2.45) is 5.11 Å². The van der Waals surface area contributed by atoms with E-state index in [1.165, 1.54) is 0 Å². The number of aliphatic hydroxyl groups is 1. The molecule has 1 aromatic rings. The maximum Gasteiger partial charge on any atom is 0.315 e. The molecule has 0 unspecified atom stereocenters. The Morgan fingerprint density at radius 3 is 2.52 bits per heavy atom. The number of nitrogens with zero attached hydrogens (tertiary/aromatic N) is 3. The van der Waals surface area contributed by atoms with Crippen molar-refractivity contribution in [3.05, 3.63) is 40.8 Å². The van der Waals surface area contributed by atoms with Crippen LogP contribution < -0.4 is 5.19 Å². The quantitative estimate of drug-likeness (QED) is 0.303. The third-order valence-corrected chi connectivity index (χ3v) is 8.32. The fourth-order valence-electron chi connectivity index (χ4n) is 3.04. The molecule has 2 rings (SSSR count). The lowest BCUT2D eigenvalue weighted by atomic mass is 10.1. The lowest BCUT2D eigenvalue weighted by molar-refractivity contribution is -0.145. The van der Waals surface area contributed by atoms with Gasteiger partial charge < -0.3 is 9.84 Å². The molecule has 0 aromatic heterocycles. The van der Waals surface area contributed by atoms with Crippen molar-refractivity contribution in [3.63, 3.8) is 0 Å². The van der Waals surface area contributed by atoms with Gasteiger partial charge in [-0.2, -0.15) is 0 Å². The van der Waals surface area contributed by atoms with Crippen molar-refractivity contribution in [3.8, 4) is 0 Å². The van der Waals surface area contributed by atoms with Gasteiger partial charge in [-0.15, -0.1) is 0 Å². The van der Waals surface area contributed by atoms with Gasteiger partial charge in [-0.05, 0) is 12.5 Å². The SMILES string of the molecule is C[C@@H](O)[C@@H]1OC(=O)[C@H](N=[N+]=[N-])[C@H]1[Si](C)(C)c1ccccc1. The Balaban J connectivity index is 2.49. The van der Waals surface area contributed by atoms with Gasteiger partial charge in [0.15, 0.2) is 0 Å². The molecule has 0 spiro atoms. The van der Waals surface area contributed by atoms with Crippen LogP contribution in [0, 0.1) is 0 Å². The van der Waals surface area contributed by atoms with Crippen LogP contribution in [0.1, 0.15) is 6.92 Å². The van der Waals surface area contributed by atoms with E-state index in [2.05, 4.69) is 23.1 Å². The summed E-state index contributed by atoms with van der Waals surface area (Å²) in [6.45, 7) is 5.80. The van der Waals surface area contributed by atoms with E-state index in [1.54, 1.807) is 6.92 Å². The minimum Gasteiger partial charge on any atom is -0.459 e. The Hall–Kier alpha value is -1.82. The lowest BCUT2D eigenvalue weighted by Crippen LogP contribution is -2.53. The normalized spacial score (nSPS) is 26.9. The van der Waals surface area contributed by atoms with Crippen molar-refractivity contribution in [1.29, 1.82) is 0 Å². The van der Waals surface area contributed by atoms with Gasteiger partial charge in [0.25, 0.3) is 0 Å². The van der Waals surface area contributed by atoms with Crippen LogP contribution in [-0.2, 0) is 9.53 Å². The third kappa shape index (κ3) is 2.81. The molecule has 4 atom stereocenters. The van der Waals surface area contributed by atoms with Crippen molar-refractivity contribution in [2.75, 3.05) is 0 Å². The van der Waals surface area contributed by atoms with E-state index < -0.39 is 32.3 Å². The van der Waals surface area contributed by atoms with Gasteiger partial charge in [0.1, 0.15) is 12.1 Å². The molecule has 0 bridgehead atoms. The summed E-state index contributed by atoms with van der Waals surface area (Å²) in [5.74, 6) is -0.541. The summed E-state index contributed by atoms with van der Waals surface area (Å²) < 4.78 is 5.29. The number of aliphatic hydroxyl groups excluding tert-OH is 1. The molecule has 1 heterocycles. The third-order valence-electron chi connectivity index (χ3n) is 4.19. The summed E-state index contributed by atoms with van der Waals surface area (Å²) in [6, 6.07) is 8.99. The zero-order valence-electron chi connectivity index (χ0n) is 12.3. The monoisotopic (exact) mass is 305 g/mol. The average molecular weight is 305 g/mol. The van der Waals surface area contributed by atoms with Crippen LogP contribution in [0.5, 0.6) is 0 Å². The fourth-order valence-corrected chi connectivity index (χ4v) is 6.64. The minimum atomic E-state index is -2.19. The Labute approximate surface area is 124 Å². The van der Waals surface area contributed by atoms with Crippen molar-refractivity contribution in [2.45, 2.75) is 43.8 Å². The minimum absolute atomic E-state index is 0.289. The molecule has 7 heteroatoms. The number of rotatable bonds is 4. The maximum absolute atomic E-state index is 12.0. The van der Waals surface area contributed by atoms with Crippen LogP contribution >= 0.6 is 0 Å². The van der Waals surface area contributed by atoms with E-state index in [1.807, 2.05) is 30.3 Å². The van der Waals surface area contributed by atoms with Crippen LogP contribution in [0.25, 0.3) is 10.4 Å². The number of carbonyl (C=O) groups excluding carboxylic acids is 1. The first kappa shape index (κ1) is 15.6. The highest BCUT2D eigenvalue weighted by molar-refractivity contribution is 6.91. The summed E-state index contributed by atoms with van der Waals surface area (Å²) in [6.07, 6.45) is -1.43. The Morgan fingerprint density at radius 2 is 2.00 bits per heavy atom. The van der Waals surface area contributed by atoms with Crippen LogP contribution in [0.3, 0.4) is 0 Å². The number of azide groups is 1. The fraction of sp³-hybridized carbons (Fsp3) is 0.500. The number of carbonyl (C=O) groups is 1. The summed E-state index contributed by atoms with van der Waals surface area (Å²) in [5, 5.41) is 14.7. The van der Waals surface area contributed by atoms with Gasteiger partial charge >= 0.3 is 5.97 Å². The largest absolute Gasteiger partial charge is 0.459 e. The molecule has 21 heavy (non-hydrogen) atoms. The Morgan fingerprint density at radius 1 is 1.38 bits per heavy atom. The molecule has 0 radical (unpaired) electrons. The first-order chi connectivity index (χ1) is 9.89. The Bertz CT molecular complexity index is 570. The summed E-state index contributed by atoms with van der Waals surface area (Å²) in [4.78, 5) is 14.8. The van der Waals surface area contributed by atoms with E-state index in [-0.39, 0.29) is 5.54 Å². The topological polar surface area (TPSA) is 95.3 Å². The highest BCUT2D eigenvalue weighted by Crippen LogP contribution is 2.40. The van der Waals surface area contributed by atoms with Gasteiger partial charge in [0.05, 0.1) is 14.2 Å². The molecule has 0 saturated carbocycles. The van der Waals surface area contributed by atoms with Crippen LogP contribution in [0.15, 0.2) is 35.4 Å². The molecule has 6 nitrogen and oxygen atoms in total. The molecule has 1 N–H and O–H groups in total. The van der Waals surface area contributed by atoms with Crippen molar-refractivity contribution in [1.82, 2.24) is 0 Å². The molecule has 1 aliphatic rings. The predicted molar refractivity (Wildman–Crippen MR) is 81.8 cm³/mol. The van der Waals surface area contributed by atoms with Gasteiger partial charge in [0.2, 0.25) is 0 Å². The number of cyclic esters (lactones) is 1. The smallest absolute Gasteiger partial charge is 0.315 e. The van der Waals surface area contributed by atoms with Crippen molar-refractivity contribution >= 4 is 19.2 Å². The van der Waals surface area contributed by atoms with E-state index in [4.69, 9.17) is 10.3 Å². The number of ether oxygens (including phenoxy) is 1. The second kappa shape index (κ2) is 5.89. The molecule has 112 valence electrons. The van der Waals surface area contributed by atoms with Gasteiger partial charge in [0, 0.05) is 10.5 Å². The number of hydrogen-bond acceptors (Lipinski definition) is 4. The summed E-state index contributed by atoms with van der Waals surface area (Å²) in [7, 11) is -2.19. The molecule has 1 aromatic carbocycles. The Kier molecular flexibility index (Phi) is 4.36. The molecule has 0 amide bonds. The highest BCUT2D eigenvalue weighted by atomic mass is 28.3. The van der Waals surface area contributed by atoms with E-state index in [0.29, 0.717) is 0 Å². The molecule has 1 fully saturated rings. The van der Waals surface area contributed by atoms with Crippen LogP contribution in [-0.4, -0.2) is 37.4 Å². The first-order valence-corrected chi connectivity index (χ1v) is 9.95. The number of benzene rings is 1. The van der Waals surface area contributed by atoms with Crippen molar-refractivity contribution < 1.29 is 14.6 Å². The summed E-state index contributed by atoms with van der Waals surface area (Å²) >= 11 is 0. The van der Waals surface area contributed by atoms with Gasteiger partial charge in [-0.25, -0.2) is 0 Å². The molecule has 1 saturated heterocycles. The first-order valence-electron chi connectivity index (χ1n) is 6.88.